The van der Waals surface area contributed by atoms with Crippen molar-refractivity contribution in [1.29, 1.82) is 0 Å². The van der Waals surface area contributed by atoms with Crippen molar-refractivity contribution >= 4 is 6.16 Å². The van der Waals surface area contributed by atoms with Crippen LogP contribution in [0.25, 0.3) is 0 Å². The van der Waals surface area contributed by atoms with Crippen molar-refractivity contribution in [3.8, 4) is 0 Å². The van der Waals surface area contributed by atoms with Gasteiger partial charge < -0.3 is 9.47 Å². The van der Waals surface area contributed by atoms with Gasteiger partial charge in [0.15, 0.2) is 5.67 Å². The van der Waals surface area contributed by atoms with E-state index >= 15 is 4.39 Å². The Morgan fingerprint density at radius 3 is 2.12 bits per heavy atom. The van der Waals surface area contributed by atoms with E-state index in [0.29, 0.717) is 12.8 Å². The monoisotopic (exact) mass is 380 g/mol. The third-order valence-electron chi connectivity index (χ3n) is 5.11. The Morgan fingerprint density at radius 2 is 1.72 bits per heavy atom. The van der Waals surface area contributed by atoms with Crippen molar-refractivity contribution in [3.63, 3.8) is 0 Å². The van der Waals surface area contributed by atoms with E-state index in [0.717, 1.165) is 0 Å². The topological polar surface area (TPSA) is 35.5 Å². The Bertz CT molecular complexity index is 488. The number of ether oxygens (including phenoxy) is 2. The van der Waals surface area contributed by atoms with Gasteiger partial charge in [0.25, 0.3) is 0 Å². The zero-order valence-electron chi connectivity index (χ0n) is 13.5. The minimum atomic E-state index is -6.17. The van der Waals surface area contributed by atoms with E-state index in [9.17, 15) is 31.1 Å². The smallest absolute Gasteiger partial charge is 0.434 e. The van der Waals surface area contributed by atoms with Crippen molar-refractivity contribution in [2.75, 3.05) is 6.61 Å². The van der Waals surface area contributed by atoms with Crippen LogP contribution in [0, 0.1) is 11.8 Å². The molecule has 0 spiro atoms. The molecular formula is C15H19F7O3. The lowest BCUT2D eigenvalue weighted by Crippen LogP contribution is -2.72. The Hall–Kier alpha value is -1.22. The fourth-order valence-corrected chi connectivity index (χ4v) is 3.98. The summed E-state index contributed by atoms with van der Waals surface area (Å²) in [5, 5.41) is 0. The summed E-state index contributed by atoms with van der Waals surface area (Å²) >= 11 is 0. The van der Waals surface area contributed by atoms with E-state index < -0.39 is 54.6 Å². The highest BCUT2D eigenvalue weighted by Gasteiger charge is 2.87. The third-order valence-corrected chi connectivity index (χ3v) is 5.11. The van der Waals surface area contributed by atoms with Crippen LogP contribution in [0.5, 0.6) is 0 Å². The van der Waals surface area contributed by atoms with Gasteiger partial charge in [-0.05, 0) is 43.9 Å². The van der Waals surface area contributed by atoms with Gasteiger partial charge in [-0.1, -0.05) is 13.3 Å². The van der Waals surface area contributed by atoms with Crippen LogP contribution >= 0.6 is 0 Å². The number of rotatable bonds is 5. The predicted octanol–water partition coefficient (Wildman–Crippen LogP) is 5.33. The Kier molecular flexibility index (Phi) is 5.22. The van der Waals surface area contributed by atoms with Crippen molar-refractivity contribution in [3.05, 3.63) is 0 Å². The number of halogens is 7. The van der Waals surface area contributed by atoms with Crippen LogP contribution in [0.15, 0.2) is 0 Å². The zero-order chi connectivity index (χ0) is 19.1. The average molecular weight is 380 g/mol. The lowest BCUT2D eigenvalue weighted by molar-refractivity contribution is -0.407. The number of hydrogen-bond donors (Lipinski definition) is 0. The summed E-state index contributed by atoms with van der Waals surface area (Å²) in [6.45, 7) is 1.27. The molecule has 2 aliphatic rings. The fourth-order valence-electron chi connectivity index (χ4n) is 3.98. The van der Waals surface area contributed by atoms with Gasteiger partial charge >= 0.3 is 24.1 Å². The van der Waals surface area contributed by atoms with Crippen molar-refractivity contribution < 1.29 is 45.0 Å². The van der Waals surface area contributed by atoms with Crippen molar-refractivity contribution in [2.24, 2.45) is 11.8 Å². The van der Waals surface area contributed by atoms with Gasteiger partial charge in [-0.3, -0.25) is 0 Å². The molecule has 2 saturated carbocycles. The maximum Gasteiger partial charge on any atom is 0.509 e. The zero-order valence-corrected chi connectivity index (χ0v) is 13.5. The second kappa shape index (κ2) is 6.50. The molecule has 0 saturated heterocycles. The predicted molar refractivity (Wildman–Crippen MR) is 71.5 cm³/mol. The molecule has 2 bridgehead atoms. The van der Waals surface area contributed by atoms with Crippen LogP contribution in [-0.2, 0) is 9.47 Å². The molecule has 0 N–H and O–H groups in total. The largest absolute Gasteiger partial charge is 0.509 e. The summed E-state index contributed by atoms with van der Waals surface area (Å²) in [6, 6.07) is 0. The van der Waals surface area contributed by atoms with Gasteiger partial charge in [-0.15, -0.1) is 0 Å². The first-order valence-electron chi connectivity index (χ1n) is 8.07. The third kappa shape index (κ3) is 3.16. The maximum absolute atomic E-state index is 15.3. The van der Waals surface area contributed by atoms with Gasteiger partial charge in [0, 0.05) is 0 Å². The van der Waals surface area contributed by atoms with Crippen LogP contribution < -0.4 is 0 Å². The summed E-state index contributed by atoms with van der Waals surface area (Å²) in [4.78, 5) is 11.5. The second-order valence-corrected chi connectivity index (χ2v) is 6.67. The maximum atomic E-state index is 15.3. The minimum Gasteiger partial charge on any atom is -0.434 e. The van der Waals surface area contributed by atoms with Crippen molar-refractivity contribution in [2.45, 2.75) is 69.1 Å². The first kappa shape index (κ1) is 20.1. The number of carbonyl (C=O) groups excluding carboxylic acids is 1. The molecule has 3 unspecified atom stereocenters. The molecule has 0 radical (unpaired) electrons. The number of hydrogen-bond acceptors (Lipinski definition) is 3. The summed E-state index contributed by atoms with van der Waals surface area (Å²) in [7, 11) is 0. The van der Waals surface area contributed by atoms with Gasteiger partial charge in [-0.25, -0.2) is 9.18 Å². The molecule has 2 rings (SSSR count). The van der Waals surface area contributed by atoms with E-state index in [1.165, 1.54) is 0 Å². The quantitative estimate of drug-likeness (QED) is 0.367. The molecule has 0 aromatic heterocycles. The minimum absolute atomic E-state index is 0.0847. The molecule has 146 valence electrons. The van der Waals surface area contributed by atoms with Crippen LogP contribution in [0.3, 0.4) is 0 Å². The van der Waals surface area contributed by atoms with Gasteiger partial charge in [0.1, 0.15) is 0 Å². The van der Waals surface area contributed by atoms with E-state index in [2.05, 4.69) is 9.47 Å². The number of unbranched alkanes of at least 4 members (excludes halogenated alkanes) is 1. The van der Waals surface area contributed by atoms with E-state index in [1.807, 2.05) is 0 Å². The summed E-state index contributed by atoms with van der Waals surface area (Å²) < 4.78 is 105. The molecule has 10 heteroatoms. The number of fused-ring (bicyclic) bond motifs is 2. The molecule has 3 nitrogen and oxygen atoms in total. The highest BCUT2D eigenvalue weighted by atomic mass is 19.4. The normalized spacial score (nSPS) is 29.8. The fraction of sp³-hybridized carbons (Fsp3) is 0.933. The van der Waals surface area contributed by atoms with Gasteiger partial charge in [0.2, 0.25) is 0 Å². The van der Waals surface area contributed by atoms with Crippen LogP contribution in [0.1, 0.15) is 45.4 Å². The number of alkyl halides is 7. The first-order chi connectivity index (χ1) is 11.4. The molecular weight excluding hydrogens is 361 g/mol. The Labute approximate surface area is 139 Å². The molecule has 3 atom stereocenters. The number of carbonyl (C=O) groups is 1. The van der Waals surface area contributed by atoms with Crippen LogP contribution in [0.4, 0.5) is 35.5 Å². The standard InChI is InChI=1S/C15H19F7O3/c1-2-3-6-24-11(23)25-13(14(17,18)19,15(20,21)22)12(16)8-9-4-5-10(12)7-9/h9-10H,2-8H2,1H3. The molecule has 0 heterocycles. The Balaban J connectivity index is 2.42. The lowest BCUT2D eigenvalue weighted by atomic mass is 9.72. The highest BCUT2D eigenvalue weighted by Crippen LogP contribution is 2.65. The SMILES string of the molecule is CCCCOC(=O)OC(C(F)(F)F)(C(F)(F)F)C1(F)CC2CCC1C2. The molecule has 2 aliphatic carbocycles. The lowest BCUT2D eigenvalue weighted by Gasteiger charge is -2.47. The molecule has 0 amide bonds. The molecule has 2 fully saturated rings. The van der Waals surface area contributed by atoms with Crippen LogP contribution in [0.2, 0.25) is 0 Å². The van der Waals surface area contributed by atoms with E-state index in [1.54, 1.807) is 6.92 Å². The van der Waals surface area contributed by atoms with Crippen molar-refractivity contribution in [1.82, 2.24) is 0 Å². The molecule has 25 heavy (non-hydrogen) atoms. The van der Waals surface area contributed by atoms with E-state index in [-0.39, 0.29) is 19.3 Å². The molecule has 0 aromatic carbocycles. The Morgan fingerprint density at radius 1 is 1.12 bits per heavy atom. The molecule has 0 aliphatic heterocycles. The first-order valence-corrected chi connectivity index (χ1v) is 8.07. The van der Waals surface area contributed by atoms with Gasteiger partial charge in [0.05, 0.1) is 6.61 Å². The summed E-state index contributed by atoms with van der Waals surface area (Å²) in [6.07, 6.45) is -14.6. The highest BCUT2D eigenvalue weighted by molar-refractivity contribution is 5.61. The van der Waals surface area contributed by atoms with E-state index in [4.69, 9.17) is 0 Å². The van der Waals surface area contributed by atoms with Gasteiger partial charge in [-0.2, -0.15) is 26.3 Å². The summed E-state index contributed by atoms with van der Waals surface area (Å²) in [5.74, 6) is -2.05. The molecule has 0 aromatic rings. The van der Waals surface area contributed by atoms with Crippen LogP contribution in [-0.4, -0.2) is 36.4 Å². The summed E-state index contributed by atoms with van der Waals surface area (Å²) in [5.41, 5.74) is -8.98. The average Bonchev–Trinajstić information content (AvgIpc) is 3.02. The second-order valence-electron chi connectivity index (χ2n) is 6.67.